The van der Waals surface area contributed by atoms with E-state index in [0.29, 0.717) is 18.2 Å². The molecule has 0 aliphatic carbocycles. The summed E-state index contributed by atoms with van der Waals surface area (Å²) in [6.07, 6.45) is 5.16. The molecule has 0 saturated carbocycles. The van der Waals surface area contributed by atoms with Crippen LogP contribution in [-0.2, 0) is 9.59 Å². The van der Waals surface area contributed by atoms with Crippen LogP contribution < -0.4 is 5.32 Å². The van der Waals surface area contributed by atoms with Gasteiger partial charge in [0, 0.05) is 45.7 Å². The molecule has 0 aromatic rings. The van der Waals surface area contributed by atoms with Crippen LogP contribution in [0.1, 0.15) is 39.0 Å². The van der Waals surface area contributed by atoms with Crippen molar-refractivity contribution >= 4 is 11.8 Å². The van der Waals surface area contributed by atoms with Crippen molar-refractivity contribution in [1.29, 1.82) is 0 Å². The number of hydrogen-bond acceptors (Lipinski definition) is 4. The Morgan fingerprint density at radius 3 is 2.38 bits per heavy atom. The van der Waals surface area contributed by atoms with Gasteiger partial charge in [0.05, 0.1) is 6.04 Å². The number of nitrogens with one attached hydrogen (secondary N) is 1. The highest BCUT2D eigenvalue weighted by atomic mass is 16.2. The lowest BCUT2D eigenvalue weighted by Gasteiger charge is -2.38. The fraction of sp³-hybridized carbons (Fsp3) is 0.889. The molecule has 0 aromatic heterocycles. The molecule has 3 aliphatic heterocycles. The van der Waals surface area contributed by atoms with Crippen molar-refractivity contribution < 1.29 is 9.59 Å². The van der Waals surface area contributed by atoms with Crippen molar-refractivity contribution in [1.82, 2.24) is 20.0 Å². The van der Waals surface area contributed by atoms with Crippen molar-refractivity contribution in [3.63, 3.8) is 0 Å². The molecule has 0 spiro atoms. The maximum atomic E-state index is 12.5. The molecule has 2 amide bonds. The van der Waals surface area contributed by atoms with E-state index in [1.807, 2.05) is 16.7 Å². The highest BCUT2D eigenvalue weighted by Gasteiger charge is 2.31. The summed E-state index contributed by atoms with van der Waals surface area (Å²) < 4.78 is 0. The van der Waals surface area contributed by atoms with E-state index in [4.69, 9.17) is 0 Å². The van der Waals surface area contributed by atoms with E-state index in [0.717, 1.165) is 71.6 Å². The van der Waals surface area contributed by atoms with Crippen LogP contribution in [0.4, 0.5) is 0 Å². The number of likely N-dealkylation sites (tertiary alicyclic amines) is 1. The summed E-state index contributed by atoms with van der Waals surface area (Å²) in [6.45, 7) is 9.17. The number of nitrogens with zero attached hydrogens (tertiary/aromatic N) is 3. The van der Waals surface area contributed by atoms with Gasteiger partial charge in [-0.1, -0.05) is 0 Å². The standard InChI is InChI=1S/C18H32N4O2/c1-15(18(24)22-8-2-3-9-22)20-10-12-21(13-11-20)17(23)5-4-16-6-7-19-14-16/h15-16,19H,2-14H2,1H3. The van der Waals surface area contributed by atoms with Gasteiger partial charge < -0.3 is 15.1 Å². The van der Waals surface area contributed by atoms with E-state index in [1.54, 1.807) is 0 Å². The van der Waals surface area contributed by atoms with Crippen molar-refractivity contribution in [3.05, 3.63) is 0 Å². The number of carbonyl (C=O) groups excluding carboxylic acids is 2. The summed E-state index contributed by atoms with van der Waals surface area (Å²) in [4.78, 5) is 31.1. The Kier molecular flexibility index (Phi) is 6.11. The van der Waals surface area contributed by atoms with Gasteiger partial charge in [0.25, 0.3) is 0 Å². The summed E-state index contributed by atoms with van der Waals surface area (Å²) in [6, 6.07) is -0.0510. The molecular weight excluding hydrogens is 304 g/mol. The Morgan fingerprint density at radius 1 is 1.04 bits per heavy atom. The zero-order chi connectivity index (χ0) is 16.9. The first-order valence-corrected chi connectivity index (χ1v) is 9.66. The minimum atomic E-state index is -0.0510. The maximum Gasteiger partial charge on any atom is 0.239 e. The number of piperazine rings is 1. The van der Waals surface area contributed by atoms with Crippen LogP contribution in [0.15, 0.2) is 0 Å². The van der Waals surface area contributed by atoms with Crippen LogP contribution in [0.5, 0.6) is 0 Å². The predicted octanol–water partition coefficient (Wildman–Crippen LogP) is 0.531. The van der Waals surface area contributed by atoms with Crippen LogP contribution in [-0.4, -0.2) is 84.9 Å². The molecule has 6 nitrogen and oxygen atoms in total. The van der Waals surface area contributed by atoms with Gasteiger partial charge in [-0.2, -0.15) is 0 Å². The molecule has 3 saturated heterocycles. The largest absolute Gasteiger partial charge is 0.341 e. The van der Waals surface area contributed by atoms with Gasteiger partial charge in [-0.15, -0.1) is 0 Å². The fourth-order valence-electron chi connectivity index (χ4n) is 4.16. The molecule has 0 radical (unpaired) electrons. The second-order valence-electron chi connectivity index (χ2n) is 7.52. The van der Waals surface area contributed by atoms with Crippen LogP contribution in [0, 0.1) is 5.92 Å². The van der Waals surface area contributed by atoms with E-state index >= 15 is 0 Å². The first-order valence-electron chi connectivity index (χ1n) is 9.66. The molecule has 3 aliphatic rings. The lowest BCUT2D eigenvalue weighted by molar-refractivity contribution is -0.138. The summed E-state index contributed by atoms with van der Waals surface area (Å²) >= 11 is 0. The van der Waals surface area contributed by atoms with Gasteiger partial charge >= 0.3 is 0 Å². The van der Waals surface area contributed by atoms with Crippen LogP contribution in [0.2, 0.25) is 0 Å². The SMILES string of the molecule is CC(C(=O)N1CCCC1)N1CCN(C(=O)CCC2CCNC2)CC1. The third-order valence-corrected chi connectivity index (χ3v) is 5.92. The van der Waals surface area contributed by atoms with Gasteiger partial charge in [0.1, 0.15) is 0 Å². The molecule has 3 heterocycles. The van der Waals surface area contributed by atoms with Gasteiger partial charge in [0.15, 0.2) is 0 Å². The highest BCUT2D eigenvalue weighted by Crippen LogP contribution is 2.17. The van der Waals surface area contributed by atoms with Crippen molar-refractivity contribution in [2.45, 2.75) is 45.1 Å². The number of hydrogen-bond donors (Lipinski definition) is 1. The van der Waals surface area contributed by atoms with Crippen LogP contribution >= 0.6 is 0 Å². The predicted molar refractivity (Wildman–Crippen MR) is 93.6 cm³/mol. The summed E-state index contributed by atoms with van der Waals surface area (Å²) in [5, 5.41) is 3.36. The second kappa shape index (κ2) is 8.30. The van der Waals surface area contributed by atoms with E-state index in [9.17, 15) is 9.59 Å². The molecule has 1 N–H and O–H groups in total. The third-order valence-electron chi connectivity index (χ3n) is 5.92. The van der Waals surface area contributed by atoms with Gasteiger partial charge in [-0.3, -0.25) is 14.5 Å². The van der Waals surface area contributed by atoms with Crippen LogP contribution in [0.25, 0.3) is 0 Å². The van der Waals surface area contributed by atoms with Crippen molar-refractivity contribution in [2.24, 2.45) is 5.92 Å². The third kappa shape index (κ3) is 4.28. The average molecular weight is 336 g/mol. The first-order chi connectivity index (χ1) is 11.6. The molecular formula is C18H32N4O2. The number of carbonyl (C=O) groups is 2. The lowest BCUT2D eigenvalue weighted by Crippen LogP contribution is -2.55. The number of rotatable bonds is 5. The molecule has 2 atom stereocenters. The molecule has 3 rings (SSSR count). The maximum absolute atomic E-state index is 12.5. The smallest absolute Gasteiger partial charge is 0.239 e. The van der Waals surface area contributed by atoms with Gasteiger partial charge in [-0.25, -0.2) is 0 Å². The highest BCUT2D eigenvalue weighted by molar-refractivity contribution is 5.81. The Labute approximate surface area is 145 Å². The van der Waals surface area contributed by atoms with Crippen molar-refractivity contribution in [2.75, 3.05) is 52.4 Å². The molecule has 6 heteroatoms. The minimum Gasteiger partial charge on any atom is -0.341 e. The Balaban J connectivity index is 1.39. The average Bonchev–Trinajstić information content (AvgIpc) is 3.32. The zero-order valence-corrected chi connectivity index (χ0v) is 15.0. The monoisotopic (exact) mass is 336 g/mol. The minimum absolute atomic E-state index is 0.0510. The second-order valence-corrected chi connectivity index (χ2v) is 7.52. The van der Waals surface area contributed by atoms with Crippen LogP contribution in [0.3, 0.4) is 0 Å². The fourth-order valence-corrected chi connectivity index (χ4v) is 4.16. The van der Waals surface area contributed by atoms with Gasteiger partial charge in [-0.05, 0) is 51.6 Å². The Bertz CT molecular complexity index is 436. The topological polar surface area (TPSA) is 55.9 Å². The molecule has 0 bridgehead atoms. The van der Waals surface area contributed by atoms with Crippen molar-refractivity contribution in [3.8, 4) is 0 Å². The number of amides is 2. The quantitative estimate of drug-likeness (QED) is 0.796. The lowest BCUT2D eigenvalue weighted by atomic mass is 10.0. The molecule has 2 unspecified atom stereocenters. The van der Waals surface area contributed by atoms with Gasteiger partial charge in [0.2, 0.25) is 11.8 Å². The van der Waals surface area contributed by atoms with E-state index in [-0.39, 0.29) is 11.9 Å². The molecule has 3 fully saturated rings. The normalized spacial score (nSPS) is 26.8. The van der Waals surface area contributed by atoms with E-state index in [1.165, 1.54) is 6.42 Å². The zero-order valence-electron chi connectivity index (χ0n) is 15.0. The first kappa shape index (κ1) is 17.7. The molecule has 136 valence electrons. The summed E-state index contributed by atoms with van der Waals surface area (Å²) in [7, 11) is 0. The Morgan fingerprint density at radius 2 is 1.75 bits per heavy atom. The summed E-state index contributed by atoms with van der Waals surface area (Å²) in [5.41, 5.74) is 0. The molecule has 24 heavy (non-hydrogen) atoms. The molecule has 0 aromatic carbocycles. The Hall–Kier alpha value is -1.14. The van der Waals surface area contributed by atoms with E-state index in [2.05, 4.69) is 10.2 Å². The summed E-state index contributed by atoms with van der Waals surface area (Å²) in [5.74, 6) is 1.23. The van der Waals surface area contributed by atoms with E-state index < -0.39 is 0 Å².